The Balaban J connectivity index is 1.51. The zero-order valence-corrected chi connectivity index (χ0v) is 16.1. The van der Waals surface area contributed by atoms with Gasteiger partial charge in [0.1, 0.15) is 5.82 Å². The van der Waals surface area contributed by atoms with Crippen LogP contribution in [0.3, 0.4) is 0 Å². The molecule has 1 aliphatic rings. The van der Waals surface area contributed by atoms with Gasteiger partial charge in [0.05, 0.1) is 33.2 Å². The van der Waals surface area contributed by atoms with E-state index in [1.54, 1.807) is 12.1 Å². The predicted octanol–water partition coefficient (Wildman–Crippen LogP) is 1.77. The molecule has 4 rings (SSSR count). The number of hydrazine groups is 1. The number of H-pyrrole nitrogens is 1. The second kappa shape index (κ2) is 8.12. The van der Waals surface area contributed by atoms with Crippen molar-refractivity contribution in [2.45, 2.75) is 12.8 Å². The number of hydrogen-bond acceptors (Lipinski definition) is 2. The van der Waals surface area contributed by atoms with Crippen LogP contribution in [0.15, 0.2) is 48.5 Å². The number of carbonyl (C=O) groups excluding carboxylic acids is 1. The lowest BCUT2D eigenvalue weighted by atomic mass is 10.0. The van der Waals surface area contributed by atoms with E-state index >= 15 is 0 Å². The molecule has 28 heavy (non-hydrogen) atoms. The summed E-state index contributed by atoms with van der Waals surface area (Å²) in [6.45, 7) is 3.84. The van der Waals surface area contributed by atoms with E-state index in [1.165, 1.54) is 17.0 Å². The molecular formula is C22H26FN4O+. The molecule has 2 heterocycles. The fourth-order valence-electron chi connectivity index (χ4n) is 3.79. The highest BCUT2D eigenvalue weighted by Gasteiger charge is 2.19. The summed E-state index contributed by atoms with van der Waals surface area (Å²) < 4.78 is 13.3. The first-order valence-electron chi connectivity index (χ1n) is 9.81. The van der Waals surface area contributed by atoms with E-state index < -0.39 is 0 Å². The van der Waals surface area contributed by atoms with Gasteiger partial charge in [-0.05, 0) is 47.9 Å². The average Bonchev–Trinajstić information content (AvgIpc) is 3.07. The SMILES string of the molecule is C[NH+]1CCN(NC(=O)CCc2c(-c3ccc(F)cc3)[nH]c3ccccc23)CC1. The Morgan fingerprint density at radius 3 is 2.61 bits per heavy atom. The molecule has 1 fully saturated rings. The first-order chi connectivity index (χ1) is 13.6. The Hall–Kier alpha value is -2.70. The molecule has 0 atom stereocenters. The van der Waals surface area contributed by atoms with Crippen LogP contribution in [0.5, 0.6) is 0 Å². The molecule has 0 aliphatic carbocycles. The minimum Gasteiger partial charge on any atom is -0.354 e. The number of nitrogens with zero attached hydrogens (tertiary/aromatic N) is 1. The minimum absolute atomic E-state index is 0.0369. The van der Waals surface area contributed by atoms with Crippen molar-refractivity contribution in [3.63, 3.8) is 0 Å². The van der Waals surface area contributed by atoms with Gasteiger partial charge in [-0.2, -0.15) is 0 Å². The van der Waals surface area contributed by atoms with E-state index in [-0.39, 0.29) is 11.7 Å². The number of halogens is 1. The Labute approximate surface area is 164 Å². The maximum absolute atomic E-state index is 13.3. The Kier molecular flexibility index (Phi) is 5.41. The van der Waals surface area contributed by atoms with Crippen LogP contribution in [0.2, 0.25) is 0 Å². The normalized spacial score (nSPS) is 15.8. The molecule has 1 aromatic heterocycles. The van der Waals surface area contributed by atoms with Gasteiger partial charge in [0.25, 0.3) is 0 Å². The van der Waals surface area contributed by atoms with Gasteiger partial charge in [-0.25, -0.2) is 9.40 Å². The van der Waals surface area contributed by atoms with E-state index in [0.29, 0.717) is 12.8 Å². The van der Waals surface area contributed by atoms with Crippen molar-refractivity contribution >= 4 is 16.8 Å². The number of benzene rings is 2. The summed E-state index contributed by atoms with van der Waals surface area (Å²) in [4.78, 5) is 17.4. The molecule has 0 unspecified atom stereocenters. The average molecular weight is 381 g/mol. The highest BCUT2D eigenvalue weighted by molar-refractivity contribution is 5.91. The number of carbonyl (C=O) groups is 1. The smallest absolute Gasteiger partial charge is 0.234 e. The second-order valence-corrected chi connectivity index (χ2v) is 7.51. The van der Waals surface area contributed by atoms with Gasteiger partial charge in [0.2, 0.25) is 5.91 Å². The highest BCUT2D eigenvalue weighted by Crippen LogP contribution is 2.31. The number of rotatable bonds is 5. The minimum atomic E-state index is -0.255. The van der Waals surface area contributed by atoms with Gasteiger partial charge in [-0.1, -0.05) is 18.2 Å². The lowest BCUT2D eigenvalue weighted by Gasteiger charge is -2.30. The van der Waals surface area contributed by atoms with Crippen molar-refractivity contribution in [2.75, 3.05) is 33.2 Å². The number of nitrogens with one attached hydrogen (secondary N) is 3. The van der Waals surface area contributed by atoms with Crippen LogP contribution in [0.4, 0.5) is 4.39 Å². The van der Waals surface area contributed by atoms with Crippen LogP contribution < -0.4 is 10.3 Å². The molecule has 1 amide bonds. The Bertz CT molecular complexity index is 958. The third-order valence-electron chi connectivity index (χ3n) is 5.45. The van der Waals surface area contributed by atoms with Crippen LogP contribution in [-0.2, 0) is 11.2 Å². The zero-order valence-electron chi connectivity index (χ0n) is 16.1. The number of piperazine rings is 1. The summed E-state index contributed by atoms with van der Waals surface area (Å²) >= 11 is 0. The first-order valence-corrected chi connectivity index (χ1v) is 9.81. The lowest BCUT2D eigenvalue weighted by Crippen LogP contribution is -3.12. The number of aromatic nitrogens is 1. The Morgan fingerprint density at radius 2 is 1.86 bits per heavy atom. The fraction of sp³-hybridized carbons (Fsp3) is 0.318. The van der Waals surface area contributed by atoms with Crippen molar-refractivity contribution in [3.8, 4) is 11.3 Å². The maximum Gasteiger partial charge on any atom is 0.234 e. The molecule has 1 saturated heterocycles. The number of quaternary nitrogens is 1. The molecule has 0 bridgehead atoms. The summed E-state index contributed by atoms with van der Waals surface area (Å²) in [7, 11) is 2.17. The molecule has 146 valence electrons. The molecule has 6 heteroatoms. The van der Waals surface area contributed by atoms with Gasteiger partial charge in [0.15, 0.2) is 0 Å². The summed E-state index contributed by atoms with van der Waals surface area (Å²) in [6, 6.07) is 14.6. The van der Waals surface area contributed by atoms with Gasteiger partial charge in [-0.3, -0.25) is 10.2 Å². The number of hydrogen-bond donors (Lipinski definition) is 3. The number of amides is 1. The van der Waals surface area contributed by atoms with Gasteiger partial charge >= 0.3 is 0 Å². The summed E-state index contributed by atoms with van der Waals surface area (Å²) in [5.41, 5.74) is 7.04. The molecule has 5 nitrogen and oxygen atoms in total. The summed E-state index contributed by atoms with van der Waals surface area (Å²) in [5, 5.41) is 3.13. The largest absolute Gasteiger partial charge is 0.354 e. The number of likely N-dealkylation sites (N-methyl/N-ethyl adjacent to an activating group) is 1. The van der Waals surface area contributed by atoms with Crippen LogP contribution >= 0.6 is 0 Å². The van der Waals surface area contributed by atoms with Crippen molar-refractivity contribution < 1.29 is 14.1 Å². The van der Waals surface area contributed by atoms with Gasteiger partial charge in [0, 0.05) is 23.0 Å². The number of fused-ring (bicyclic) bond motifs is 1. The first kappa shape index (κ1) is 18.7. The molecule has 3 aromatic rings. The van der Waals surface area contributed by atoms with E-state index in [0.717, 1.165) is 53.9 Å². The van der Waals surface area contributed by atoms with Crippen molar-refractivity contribution in [3.05, 3.63) is 59.9 Å². The Morgan fingerprint density at radius 1 is 1.14 bits per heavy atom. The topological polar surface area (TPSA) is 52.6 Å². The molecule has 0 saturated carbocycles. The third kappa shape index (κ3) is 4.08. The van der Waals surface area contributed by atoms with E-state index in [4.69, 9.17) is 0 Å². The second-order valence-electron chi connectivity index (χ2n) is 7.51. The number of aryl methyl sites for hydroxylation is 1. The molecule has 0 spiro atoms. The predicted molar refractivity (Wildman–Crippen MR) is 108 cm³/mol. The molecule has 3 N–H and O–H groups in total. The molecule has 1 aliphatic heterocycles. The fourth-order valence-corrected chi connectivity index (χ4v) is 3.79. The van der Waals surface area contributed by atoms with Crippen LogP contribution in [0.1, 0.15) is 12.0 Å². The van der Waals surface area contributed by atoms with E-state index in [1.807, 2.05) is 23.2 Å². The summed E-state index contributed by atoms with van der Waals surface area (Å²) in [5.74, 6) is -0.218. The molecule has 2 aromatic carbocycles. The van der Waals surface area contributed by atoms with Gasteiger partial charge < -0.3 is 9.88 Å². The maximum atomic E-state index is 13.3. The molecular weight excluding hydrogens is 355 g/mol. The molecule has 0 radical (unpaired) electrons. The van der Waals surface area contributed by atoms with Crippen molar-refractivity contribution in [2.24, 2.45) is 0 Å². The van der Waals surface area contributed by atoms with Gasteiger partial charge in [-0.15, -0.1) is 0 Å². The van der Waals surface area contributed by atoms with Crippen LogP contribution in [-0.4, -0.2) is 49.1 Å². The lowest BCUT2D eigenvalue weighted by molar-refractivity contribution is -0.884. The number of para-hydroxylation sites is 1. The van der Waals surface area contributed by atoms with Crippen molar-refractivity contribution in [1.29, 1.82) is 0 Å². The quantitative estimate of drug-likeness (QED) is 0.631. The van der Waals surface area contributed by atoms with Crippen molar-refractivity contribution in [1.82, 2.24) is 15.4 Å². The summed E-state index contributed by atoms with van der Waals surface area (Å²) in [6.07, 6.45) is 1.04. The zero-order chi connectivity index (χ0) is 19.5. The standard InChI is InChI=1S/C22H25FN4O/c1-26-12-14-27(15-13-26)25-21(28)11-10-19-18-4-2-3-5-20(18)24-22(19)16-6-8-17(23)9-7-16/h2-9,24H,10-15H2,1H3,(H,25,28)/p+1. The highest BCUT2D eigenvalue weighted by atomic mass is 19.1. The number of aromatic amines is 1. The van der Waals surface area contributed by atoms with E-state index in [2.05, 4.69) is 23.5 Å². The third-order valence-corrected chi connectivity index (χ3v) is 5.45. The van der Waals surface area contributed by atoms with Crippen LogP contribution in [0, 0.1) is 5.82 Å². The monoisotopic (exact) mass is 381 g/mol. The van der Waals surface area contributed by atoms with E-state index in [9.17, 15) is 9.18 Å². The van der Waals surface area contributed by atoms with Crippen LogP contribution in [0.25, 0.3) is 22.2 Å².